The number of aromatic nitrogens is 1. The second-order valence-electron chi connectivity index (χ2n) is 5.31. The first-order valence-electron chi connectivity index (χ1n) is 6.16. The largest absolute Gasteiger partial charge is 0.389 e. The molecule has 2 aliphatic rings. The van der Waals surface area contributed by atoms with Crippen molar-refractivity contribution in [1.82, 2.24) is 4.98 Å². The van der Waals surface area contributed by atoms with Gasteiger partial charge in [-0.25, -0.2) is 4.98 Å². The second-order valence-corrected chi connectivity index (χ2v) is 6.16. The summed E-state index contributed by atoms with van der Waals surface area (Å²) in [5.41, 5.74) is 1.84. The van der Waals surface area contributed by atoms with E-state index in [-0.39, 0.29) is 0 Å². The standard InChI is InChI=1S/C13H17BrN2O/c1-7-11(8(2)17)4-12(14)13(15-7)16-5-9-3-10(9)6-16/h4,8-10,17H,3,5-6H2,1-2H3. The number of piperidine rings is 1. The Labute approximate surface area is 110 Å². The molecule has 3 unspecified atom stereocenters. The second kappa shape index (κ2) is 3.95. The monoisotopic (exact) mass is 296 g/mol. The molecule has 0 amide bonds. The number of hydrogen-bond acceptors (Lipinski definition) is 3. The Morgan fingerprint density at radius 2 is 2.12 bits per heavy atom. The summed E-state index contributed by atoms with van der Waals surface area (Å²) < 4.78 is 1.00. The van der Waals surface area contributed by atoms with Gasteiger partial charge in [-0.1, -0.05) is 0 Å². The highest BCUT2D eigenvalue weighted by atomic mass is 79.9. The van der Waals surface area contributed by atoms with Gasteiger partial charge in [0.2, 0.25) is 0 Å². The maximum absolute atomic E-state index is 9.66. The van der Waals surface area contributed by atoms with E-state index in [1.165, 1.54) is 6.42 Å². The molecule has 1 aliphatic heterocycles. The highest BCUT2D eigenvalue weighted by Crippen LogP contribution is 2.47. The van der Waals surface area contributed by atoms with Crippen LogP contribution in [0.1, 0.15) is 30.7 Å². The molecule has 2 heterocycles. The van der Waals surface area contributed by atoms with Crippen molar-refractivity contribution >= 4 is 21.7 Å². The van der Waals surface area contributed by atoms with Gasteiger partial charge in [-0.05, 0) is 54.1 Å². The number of nitrogens with zero attached hydrogens (tertiary/aromatic N) is 2. The van der Waals surface area contributed by atoms with Gasteiger partial charge in [-0.15, -0.1) is 0 Å². The van der Waals surface area contributed by atoms with E-state index in [0.717, 1.165) is 46.5 Å². The molecular formula is C13H17BrN2O. The number of aliphatic hydroxyl groups excluding tert-OH is 1. The predicted molar refractivity (Wildman–Crippen MR) is 71.1 cm³/mol. The fourth-order valence-electron chi connectivity index (χ4n) is 2.80. The van der Waals surface area contributed by atoms with Crippen molar-refractivity contribution in [1.29, 1.82) is 0 Å². The molecule has 1 saturated heterocycles. The summed E-state index contributed by atoms with van der Waals surface area (Å²) in [6, 6.07) is 2.01. The average molecular weight is 297 g/mol. The predicted octanol–water partition coefficient (Wildman–Crippen LogP) is 2.66. The third-order valence-electron chi connectivity index (χ3n) is 3.92. The number of aryl methyl sites for hydroxylation is 1. The smallest absolute Gasteiger partial charge is 0.143 e. The summed E-state index contributed by atoms with van der Waals surface area (Å²) in [5.74, 6) is 2.85. The van der Waals surface area contributed by atoms with Crippen molar-refractivity contribution < 1.29 is 5.11 Å². The Morgan fingerprint density at radius 1 is 1.47 bits per heavy atom. The molecule has 1 saturated carbocycles. The van der Waals surface area contributed by atoms with E-state index < -0.39 is 6.10 Å². The lowest BCUT2D eigenvalue weighted by Crippen LogP contribution is -2.24. The quantitative estimate of drug-likeness (QED) is 0.911. The van der Waals surface area contributed by atoms with Gasteiger partial charge < -0.3 is 10.0 Å². The molecule has 4 heteroatoms. The molecule has 17 heavy (non-hydrogen) atoms. The van der Waals surface area contributed by atoms with Crippen molar-refractivity contribution in [3.8, 4) is 0 Å². The molecule has 0 spiro atoms. The summed E-state index contributed by atoms with van der Waals surface area (Å²) in [6.45, 7) is 6.03. The molecule has 0 radical (unpaired) electrons. The van der Waals surface area contributed by atoms with Gasteiger partial charge >= 0.3 is 0 Å². The van der Waals surface area contributed by atoms with E-state index in [2.05, 4.69) is 25.8 Å². The minimum Gasteiger partial charge on any atom is -0.389 e. The molecule has 1 aliphatic carbocycles. The van der Waals surface area contributed by atoms with Crippen molar-refractivity contribution in [2.45, 2.75) is 26.4 Å². The van der Waals surface area contributed by atoms with Crippen LogP contribution in [-0.4, -0.2) is 23.2 Å². The zero-order valence-corrected chi connectivity index (χ0v) is 11.7. The van der Waals surface area contributed by atoms with Gasteiger partial charge in [0, 0.05) is 24.3 Å². The van der Waals surface area contributed by atoms with Gasteiger partial charge in [0.15, 0.2) is 0 Å². The zero-order valence-electron chi connectivity index (χ0n) is 10.2. The van der Waals surface area contributed by atoms with Crippen LogP contribution in [0.5, 0.6) is 0 Å². The Kier molecular flexibility index (Phi) is 2.67. The Morgan fingerprint density at radius 3 is 2.71 bits per heavy atom. The van der Waals surface area contributed by atoms with Crippen LogP contribution < -0.4 is 4.90 Å². The van der Waals surface area contributed by atoms with Crippen molar-refractivity contribution in [2.24, 2.45) is 11.8 Å². The third kappa shape index (κ3) is 1.97. The minimum atomic E-state index is -0.458. The number of pyridine rings is 1. The molecular weight excluding hydrogens is 280 g/mol. The number of anilines is 1. The van der Waals surface area contributed by atoms with Crippen LogP contribution in [0.15, 0.2) is 10.5 Å². The topological polar surface area (TPSA) is 36.4 Å². The summed E-state index contributed by atoms with van der Waals surface area (Å²) in [7, 11) is 0. The fourth-order valence-corrected chi connectivity index (χ4v) is 3.38. The molecule has 92 valence electrons. The number of rotatable bonds is 2. The van der Waals surface area contributed by atoms with Crippen LogP contribution in [0.2, 0.25) is 0 Å². The van der Waals surface area contributed by atoms with Gasteiger partial charge in [0.1, 0.15) is 5.82 Å². The van der Waals surface area contributed by atoms with Crippen LogP contribution in [0.3, 0.4) is 0 Å². The lowest BCUT2D eigenvalue weighted by molar-refractivity contribution is 0.198. The van der Waals surface area contributed by atoms with E-state index in [4.69, 9.17) is 0 Å². The number of halogens is 1. The number of aliphatic hydroxyl groups is 1. The summed E-state index contributed by atoms with van der Waals surface area (Å²) in [5, 5.41) is 9.66. The molecule has 1 aromatic rings. The van der Waals surface area contributed by atoms with Crippen molar-refractivity contribution in [3.05, 3.63) is 21.8 Å². The Bertz CT molecular complexity index is 451. The number of fused-ring (bicyclic) bond motifs is 1. The molecule has 3 nitrogen and oxygen atoms in total. The average Bonchev–Trinajstić information content (AvgIpc) is 2.88. The first-order valence-corrected chi connectivity index (χ1v) is 6.95. The third-order valence-corrected chi connectivity index (χ3v) is 4.50. The van der Waals surface area contributed by atoms with Crippen LogP contribution in [0.25, 0.3) is 0 Å². The van der Waals surface area contributed by atoms with Crippen LogP contribution in [-0.2, 0) is 0 Å². The maximum Gasteiger partial charge on any atom is 0.143 e. The highest BCUT2D eigenvalue weighted by Gasteiger charge is 2.45. The van der Waals surface area contributed by atoms with E-state index in [1.807, 2.05) is 13.0 Å². The van der Waals surface area contributed by atoms with E-state index in [1.54, 1.807) is 6.92 Å². The summed E-state index contributed by atoms with van der Waals surface area (Å²) >= 11 is 3.58. The number of hydrogen-bond donors (Lipinski definition) is 1. The molecule has 3 rings (SSSR count). The molecule has 0 aromatic carbocycles. The zero-order chi connectivity index (χ0) is 12.2. The summed E-state index contributed by atoms with van der Waals surface area (Å²) in [4.78, 5) is 7.01. The molecule has 3 atom stereocenters. The molecule has 1 N–H and O–H groups in total. The van der Waals surface area contributed by atoms with Gasteiger partial charge in [-0.3, -0.25) is 0 Å². The molecule has 2 fully saturated rings. The summed E-state index contributed by atoms with van der Waals surface area (Å²) in [6.07, 6.45) is 0.943. The lowest BCUT2D eigenvalue weighted by Gasteiger charge is -2.22. The normalized spacial score (nSPS) is 28.1. The van der Waals surface area contributed by atoms with Gasteiger partial charge in [-0.2, -0.15) is 0 Å². The van der Waals surface area contributed by atoms with E-state index >= 15 is 0 Å². The van der Waals surface area contributed by atoms with Crippen LogP contribution in [0, 0.1) is 18.8 Å². The Hall–Kier alpha value is -0.610. The minimum absolute atomic E-state index is 0.458. The maximum atomic E-state index is 9.66. The van der Waals surface area contributed by atoms with Crippen LogP contribution in [0.4, 0.5) is 5.82 Å². The van der Waals surface area contributed by atoms with Crippen molar-refractivity contribution in [3.63, 3.8) is 0 Å². The van der Waals surface area contributed by atoms with E-state index in [9.17, 15) is 5.11 Å². The van der Waals surface area contributed by atoms with E-state index in [0.29, 0.717) is 0 Å². The SMILES string of the molecule is Cc1nc(N2CC3CC3C2)c(Br)cc1C(C)O. The van der Waals surface area contributed by atoms with Crippen LogP contribution >= 0.6 is 15.9 Å². The first kappa shape index (κ1) is 11.5. The van der Waals surface area contributed by atoms with Gasteiger partial charge in [0.05, 0.1) is 10.6 Å². The molecule has 0 bridgehead atoms. The highest BCUT2D eigenvalue weighted by molar-refractivity contribution is 9.10. The van der Waals surface area contributed by atoms with Crippen molar-refractivity contribution in [2.75, 3.05) is 18.0 Å². The lowest BCUT2D eigenvalue weighted by atomic mass is 10.1. The fraction of sp³-hybridized carbons (Fsp3) is 0.615. The Balaban J connectivity index is 1.92. The van der Waals surface area contributed by atoms with Gasteiger partial charge in [0.25, 0.3) is 0 Å². The molecule has 1 aromatic heterocycles. The first-order chi connectivity index (χ1) is 8.06.